The van der Waals surface area contributed by atoms with E-state index in [0.29, 0.717) is 33.8 Å². The smallest absolute Gasteiger partial charge is 0.387 e. The van der Waals surface area contributed by atoms with Crippen molar-refractivity contribution in [3.63, 3.8) is 0 Å². The first-order valence-electron chi connectivity index (χ1n) is 7.77. The summed E-state index contributed by atoms with van der Waals surface area (Å²) in [6, 6.07) is 10.6. The van der Waals surface area contributed by atoms with Gasteiger partial charge in [-0.2, -0.15) is 14.0 Å². The molecule has 1 amide bonds. The molecule has 9 heteroatoms. The van der Waals surface area contributed by atoms with Crippen molar-refractivity contribution in [3.8, 4) is 23.3 Å². The lowest BCUT2D eigenvalue weighted by molar-refractivity contribution is -0.118. The topological polar surface area (TPSA) is 80.6 Å². The predicted octanol–water partition coefficient (Wildman–Crippen LogP) is 4.34. The fraction of sp³-hybridized carbons (Fsp3) is 0.222. The normalized spacial score (nSPS) is 10.2. The molecule has 0 heterocycles. The number of hydrogen-bond acceptors (Lipinski definition) is 5. The third-order valence-electron chi connectivity index (χ3n) is 3.15. The summed E-state index contributed by atoms with van der Waals surface area (Å²) in [5, 5.41) is 11.6. The van der Waals surface area contributed by atoms with Crippen molar-refractivity contribution in [1.82, 2.24) is 0 Å². The highest BCUT2D eigenvalue weighted by Gasteiger charge is 2.14. The highest BCUT2D eigenvalue weighted by Crippen LogP contribution is 2.36. The molecule has 0 aliphatic heterocycles. The Morgan fingerprint density at radius 3 is 2.56 bits per heavy atom. The maximum Gasteiger partial charge on any atom is 0.387 e. The van der Waals surface area contributed by atoms with Crippen LogP contribution in [0.2, 0.25) is 0 Å². The molecule has 0 unspecified atom stereocenters. The summed E-state index contributed by atoms with van der Waals surface area (Å²) < 4.78 is 39.9. The van der Waals surface area contributed by atoms with Gasteiger partial charge in [0.2, 0.25) is 0 Å². The van der Waals surface area contributed by atoms with E-state index in [1.54, 1.807) is 13.0 Å². The van der Waals surface area contributed by atoms with Crippen LogP contribution in [0.3, 0.4) is 0 Å². The zero-order valence-electron chi connectivity index (χ0n) is 14.2. The molecule has 142 valence electrons. The summed E-state index contributed by atoms with van der Waals surface area (Å²) in [5.74, 6) is 0.162. The monoisotopic (exact) mass is 440 g/mol. The average Bonchev–Trinajstić information content (AvgIpc) is 2.62. The van der Waals surface area contributed by atoms with Crippen LogP contribution in [0.1, 0.15) is 12.5 Å². The summed E-state index contributed by atoms with van der Waals surface area (Å²) in [5.41, 5.74) is 0.780. The number of amides is 1. The van der Waals surface area contributed by atoms with Gasteiger partial charge in [0.15, 0.2) is 18.1 Å². The van der Waals surface area contributed by atoms with Crippen LogP contribution in [0.4, 0.5) is 14.5 Å². The largest absolute Gasteiger partial charge is 0.490 e. The zero-order chi connectivity index (χ0) is 19.8. The van der Waals surface area contributed by atoms with E-state index in [9.17, 15) is 13.6 Å². The zero-order valence-corrected chi connectivity index (χ0v) is 15.8. The van der Waals surface area contributed by atoms with Gasteiger partial charge in [0.1, 0.15) is 5.75 Å². The maximum absolute atomic E-state index is 12.1. The van der Waals surface area contributed by atoms with E-state index in [4.69, 9.17) is 14.7 Å². The molecule has 2 aromatic rings. The van der Waals surface area contributed by atoms with Crippen LogP contribution in [0, 0.1) is 11.3 Å². The van der Waals surface area contributed by atoms with Crippen LogP contribution in [0.25, 0.3) is 0 Å². The lowest BCUT2D eigenvalue weighted by Crippen LogP contribution is -2.20. The van der Waals surface area contributed by atoms with Crippen LogP contribution in [0.5, 0.6) is 17.2 Å². The molecular formula is C18H15BrF2N2O4. The standard InChI is InChI=1S/C18H15BrF2N2O4/c1-2-25-15-8-11(9-22)7-14(19)17(15)26-10-16(24)23-12-3-5-13(6-4-12)27-18(20)21/h3-8,18H,2,10H2,1H3,(H,23,24). The lowest BCUT2D eigenvalue weighted by atomic mass is 10.2. The van der Waals surface area contributed by atoms with E-state index in [1.165, 1.54) is 30.3 Å². The number of nitrogens with one attached hydrogen (secondary N) is 1. The summed E-state index contributed by atoms with van der Waals surface area (Å²) in [4.78, 5) is 12.1. The first-order valence-corrected chi connectivity index (χ1v) is 8.56. The minimum absolute atomic E-state index is 0.0119. The minimum atomic E-state index is -2.91. The molecule has 0 saturated carbocycles. The predicted molar refractivity (Wildman–Crippen MR) is 97.2 cm³/mol. The Morgan fingerprint density at radius 1 is 1.26 bits per heavy atom. The maximum atomic E-state index is 12.1. The molecule has 2 rings (SSSR count). The fourth-order valence-corrected chi connectivity index (χ4v) is 2.65. The van der Waals surface area contributed by atoms with Gasteiger partial charge in [0.05, 0.1) is 22.7 Å². The van der Waals surface area contributed by atoms with Gasteiger partial charge in [0.25, 0.3) is 5.91 Å². The van der Waals surface area contributed by atoms with Gasteiger partial charge in [0, 0.05) is 11.8 Å². The second-order valence-corrected chi connectivity index (χ2v) is 5.92. The second kappa shape index (κ2) is 9.73. The Balaban J connectivity index is 2.00. The number of ether oxygens (including phenoxy) is 3. The van der Waals surface area contributed by atoms with Crippen molar-refractivity contribution in [2.45, 2.75) is 13.5 Å². The van der Waals surface area contributed by atoms with Gasteiger partial charge < -0.3 is 19.5 Å². The Morgan fingerprint density at radius 2 is 1.96 bits per heavy atom. The van der Waals surface area contributed by atoms with Crippen LogP contribution in [-0.4, -0.2) is 25.7 Å². The van der Waals surface area contributed by atoms with Crippen LogP contribution >= 0.6 is 15.9 Å². The number of anilines is 1. The summed E-state index contributed by atoms with van der Waals surface area (Å²) in [7, 11) is 0. The molecule has 0 saturated heterocycles. The van der Waals surface area contributed by atoms with Gasteiger partial charge in [-0.1, -0.05) is 0 Å². The van der Waals surface area contributed by atoms with Crippen molar-refractivity contribution in [1.29, 1.82) is 5.26 Å². The molecule has 0 radical (unpaired) electrons. The SMILES string of the molecule is CCOc1cc(C#N)cc(Br)c1OCC(=O)Nc1ccc(OC(F)F)cc1. The van der Waals surface area contributed by atoms with E-state index in [1.807, 2.05) is 6.07 Å². The molecule has 27 heavy (non-hydrogen) atoms. The van der Waals surface area contributed by atoms with Crippen molar-refractivity contribution in [2.24, 2.45) is 0 Å². The number of carbonyl (C=O) groups excluding carboxylic acids is 1. The van der Waals surface area contributed by atoms with E-state index >= 15 is 0 Å². The number of nitriles is 1. The van der Waals surface area contributed by atoms with Crippen molar-refractivity contribution >= 4 is 27.5 Å². The summed E-state index contributed by atoms with van der Waals surface area (Å²) in [6.45, 7) is -1.09. The van der Waals surface area contributed by atoms with Crippen LogP contribution in [-0.2, 0) is 4.79 Å². The Labute approximate surface area is 162 Å². The molecule has 0 aliphatic rings. The second-order valence-electron chi connectivity index (χ2n) is 5.07. The minimum Gasteiger partial charge on any atom is -0.490 e. The van der Waals surface area contributed by atoms with E-state index in [-0.39, 0.29) is 12.4 Å². The third kappa shape index (κ3) is 6.11. The quantitative estimate of drug-likeness (QED) is 0.660. The molecule has 2 aromatic carbocycles. The first kappa shape index (κ1) is 20.5. The first-order chi connectivity index (χ1) is 12.9. The lowest BCUT2D eigenvalue weighted by Gasteiger charge is -2.14. The van der Waals surface area contributed by atoms with Gasteiger partial charge in [-0.05, 0) is 53.2 Å². The number of alkyl halides is 2. The van der Waals surface area contributed by atoms with E-state index < -0.39 is 12.5 Å². The molecule has 0 bridgehead atoms. The number of hydrogen-bond donors (Lipinski definition) is 1. The number of nitrogens with zero attached hydrogens (tertiary/aromatic N) is 1. The number of carbonyl (C=O) groups is 1. The van der Waals surface area contributed by atoms with Gasteiger partial charge >= 0.3 is 6.61 Å². The fourth-order valence-electron chi connectivity index (χ4n) is 2.09. The molecule has 0 aliphatic carbocycles. The van der Waals surface area contributed by atoms with E-state index in [2.05, 4.69) is 26.0 Å². The van der Waals surface area contributed by atoms with E-state index in [0.717, 1.165) is 0 Å². The molecule has 1 N–H and O–H groups in total. The number of halogens is 3. The number of benzene rings is 2. The average molecular weight is 441 g/mol. The molecule has 0 spiro atoms. The van der Waals surface area contributed by atoms with Crippen LogP contribution < -0.4 is 19.5 Å². The molecule has 0 atom stereocenters. The van der Waals surface area contributed by atoms with Crippen LogP contribution in [0.15, 0.2) is 40.9 Å². The Hall–Kier alpha value is -2.86. The molecule has 6 nitrogen and oxygen atoms in total. The van der Waals surface area contributed by atoms with Crippen molar-refractivity contribution in [2.75, 3.05) is 18.5 Å². The van der Waals surface area contributed by atoms with Gasteiger partial charge in [-0.25, -0.2) is 0 Å². The third-order valence-corrected chi connectivity index (χ3v) is 3.74. The summed E-state index contributed by atoms with van der Waals surface area (Å²) in [6.07, 6.45) is 0. The molecule has 0 aromatic heterocycles. The Bertz CT molecular complexity index is 838. The van der Waals surface area contributed by atoms with Crippen molar-refractivity contribution < 1.29 is 27.8 Å². The highest BCUT2D eigenvalue weighted by molar-refractivity contribution is 9.10. The molecule has 0 fully saturated rings. The molecular weight excluding hydrogens is 426 g/mol. The Kier molecular flexibility index (Phi) is 7.37. The summed E-state index contributed by atoms with van der Waals surface area (Å²) >= 11 is 3.29. The van der Waals surface area contributed by atoms with Crippen molar-refractivity contribution in [3.05, 3.63) is 46.4 Å². The highest BCUT2D eigenvalue weighted by atomic mass is 79.9. The van der Waals surface area contributed by atoms with Gasteiger partial charge in [-0.15, -0.1) is 0 Å². The van der Waals surface area contributed by atoms with Gasteiger partial charge in [-0.3, -0.25) is 4.79 Å². The number of rotatable bonds is 8.